The molecule has 0 spiro atoms. The Morgan fingerprint density at radius 2 is 2.32 bits per heavy atom. The number of rotatable bonds is 3. The molecule has 0 bridgehead atoms. The van der Waals surface area contributed by atoms with Gasteiger partial charge < -0.3 is 15.3 Å². The maximum absolute atomic E-state index is 13.4. The van der Waals surface area contributed by atoms with Gasteiger partial charge in [-0.05, 0) is 30.6 Å². The fourth-order valence-corrected chi connectivity index (χ4v) is 2.28. The van der Waals surface area contributed by atoms with Crippen molar-refractivity contribution >= 4 is 40.0 Å². The van der Waals surface area contributed by atoms with Crippen molar-refractivity contribution in [1.82, 2.24) is 4.37 Å². The molecule has 0 aliphatic heterocycles. The molecule has 19 heavy (non-hydrogen) atoms. The maximum atomic E-state index is 13.4. The number of aromatic nitrogens is 1. The molecule has 0 aliphatic rings. The van der Waals surface area contributed by atoms with Gasteiger partial charge in [-0.2, -0.15) is 4.37 Å². The molecule has 1 heterocycles. The highest BCUT2D eigenvalue weighted by Crippen LogP contribution is 2.25. The molecule has 0 radical (unpaired) electrons. The predicted molar refractivity (Wildman–Crippen MR) is 72.1 cm³/mol. The Balaban J connectivity index is 2.22. The van der Waals surface area contributed by atoms with E-state index in [0.29, 0.717) is 16.3 Å². The number of hydrogen-bond acceptors (Lipinski definition) is 5. The average Bonchev–Trinajstić information content (AvgIpc) is 2.69. The molecular weight excluding hydrogens is 293 g/mol. The summed E-state index contributed by atoms with van der Waals surface area (Å²) >= 11 is 6.10. The summed E-state index contributed by atoms with van der Waals surface area (Å²) in [6.07, 6.45) is 0. The van der Waals surface area contributed by atoms with Gasteiger partial charge in [0.2, 0.25) is 0 Å². The maximum Gasteiger partial charge on any atom is 0.260 e. The second-order valence-electron chi connectivity index (χ2n) is 3.68. The highest BCUT2D eigenvalue weighted by molar-refractivity contribution is 7.10. The number of hydrogen-bond donors (Lipinski definition) is 2. The predicted octanol–water partition coefficient (Wildman–Crippen LogP) is 2.96. The molecule has 2 rings (SSSR count). The van der Waals surface area contributed by atoms with Gasteiger partial charge in [-0.3, -0.25) is 4.79 Å². The third-order valence-corrected chi connectivity index (χ3v) is 3.32. The second-order valence-corrected chi connectivity index (χ2v) is 4.64. The second kappa shape index (κ2) is 5.41. The molecular formula is C11H9ClFN3O2S. The van der Waals surface area contributed by atoms with Crippen LogP contribution >= 0.6 is 23.4 Å². The summed E-state index contributed by atoms with van der Waals surface area (Å²) in [5, 5.41) is 2.84. The number of amides is 1. The van der Waals surface area contributed by atoms with Crippen molar-refractivity contribution in [1.29, 1.82) is 0 Å². The van der Waals surface area contributed by atoms with Gasteiger partial charge in [-0.25, -0.2) is 4.39 Å². The number of nitrogen functional groups attached to an aromatic ring is 1. The molecule has 5 nitrogen and oxygen atoms in total. The van der Waals surface area contributed by atoms with E-state index >= 15 is 0 Å². The number of nitrogens with two attached hydrogens (primary N) is 1. The minimum atomic E-state index is -0.680. The van der Waals surface area contributed by atoms with Gasteiger partial charge in [0.25, 0.3) is 5.91 Å². The summed E-state index contributed by atoms with van der Waals surface area (Å²) < 4.78 is 21.6. The van der Waals surface area contributed by atoms with Crippen LogP contribution in [0.4, 0.5) is 15.1 Å². The first-order chi connectivity index (χ1) is 9.02. The first kappa shape index (κ1) is 13.6. The number of benzene rings is 1. The standard InChI is InChI=1S/C11H9ClFN3O2S/c1-5-9(10(14)19-16-5)11(17)15-6-2-3-8(18-12)7(13)4-6/h2-4H,14H2,1H3,(H,15,17). The normalized spacial score (nSPS) is 10.3. The molecule has 0 unspecified atom stereocenters. The summed E-state index contributed by atoms with van der Waals surface area (Å²) in [6.45, 7) is 1.67. The quantitative estimate of drug-likeness (QED) is 0.913. The van der Waals surface area contributed by atoms with Crippen molar-refractivity contribution < 1.29 is 13.5 Å². The van der Waals surface area contributed by atoms with Crippen LogP contribution in [-0.4, -0.2) is 10.3 Å². The fourth-order valence-electron chi connectivity index (χ4n) is 1.50. The van der Waals surface area contributed by atoms with Gasteiger partial charge in [0.15, 0.2) is 11.6 Å². The van der Waals surface area contributed by atoms with Gasteiger partial charge in [0.05, 0.1) is 11.3 Å². The van der Waals surface area contributed by atoms with Gasteiger partial charge >= 0.3 is 0 Å². The first-order valence-corrected chi connectivity index (χ1v) is 6.22. The third kappa shape index (κ3) is 2.77. The minimum absolute atomic E-state index is 0.118. The zero-order chi connectivity index (χ0) is 14.0. The van der Waals surface area contributed by atoms with E-state index in [-0.39, 0.29) is 11.4 Å². The summed E-state index contributed by atoms with van der Waals surface area (Å²) in [5.74, 6) is -1.24. The Kier molecular flexibility index (Phi) is 3.87. The molecule has 2 aromatic rings. The van der Waals surface area contributed by atoms with Gasteiger partial charge in [-0.1, -0.05) is 0 Å². The zero-order valence-corrected chi connectivity index (χ0v) is 11.3. The monoisotopic (exact) mass is 301 g/mol. The van der Waals surface area contributed by atoms with E-state index in [1.807, 2.05) is 0 Å². The number of nitrogens with one attached hydrogen (secondary N) is 1. The zero-order valence-electron chi connectivity index (χ0n) is 9.74. The van der Waals surface area contributed by atoms with Gasteiger partial charge in [-0.15, -0.1) is 0 Å². The van der Waals surface area contributed by atoms with E-state index in [0.717, 1.165) is 17.6 Å². The number of carbonyl (C=O) groups is 1. The number of aryl methyl sites for hydroxylation is 1. The van der Waals surface area contributed by atoms with E-state index in [4.69, 9.17) is 17.6 Å². The van der Waals surface area contributed by atoms with E-state index in [1.54, 1.807) is 6.92 Å². The van der Waals surface area contributed by atoms with Crippen LogP contribution in [0.5, 0.6) is 5.75 Å². The van der Waals surface area contributed by atoms with E-state index in [9.17, 15) is 9.18 Å². The van der Waals surface area contributed by atoms with Gasteiger partial charge in [0.1, 0.15) is 16.9 Å². The fraction of sp³-hybridized carbons (Fsp3) is 0.0909. The Morgan fingerprint density at radius 1 is 1.58 bits per heavy atom. The summed E-state index contributed by atoms with van der Waals surface area (Å²) in [6, 6.07) is 3.87. The Bertz CT molecular complexity index is 613. The minimum Gasteiger partial charge on any atom is -0.389 e. The topological polar surface area (TPSA) is 77.2 Å². The summed E-state index contributed by atoms with van der Waals surface area (Å²) in [4.78, 5) is 12.0. The average molecular weight is 302 g/mol. The summed E-state index contributed by atoms with van der Waals surface area (Å²) in [7, 11) is 0. The molecule has 1 aromatic heterocycles. The van der Waals surface area contributed by atoms with Crippen LogP contribution < -0.4 is 15.3 Å². The molecule has 100 valence electrons. The highest BCUT2D eigenvalue weighted by atomic mass is 35.5. The van der Waals surface area contributed by atoms with Crippen molar-refractivity contribution in [3.63, 3.8) is 0 Å². The molecule has 0 fully saturated rings. The van der Waals surface area contributed by atoms with Crippen LogP contribution in [0.2, 0.25) is 0 Å². The van der Waals surface area contributed by atoms with E-state index < -0.39 is 11.7 Å². The molecule has 0 saturated carbocycles. The number of halogens is 2. The Hall–Kier alpha value is -1.86. The molecule has 0 saturated heterocycles. The largest absolute Gasteiger partial charge is 0.389 e. The van der Waals surface area contributed by atoms with Crippen molar-refractivity contribution in [3.8, 4) is 5.75 Å². The molecule has 1 amide bonds. The van der Waals surface area contributed by atoms with Crippen LogP contribution in [0.3, 0.4) is 0 Å². The molecule has 1 aromatic carbocycles. The number of anilines is 2. The van der Waals surface area contributed by atoms with Crippen molar-refractivity contribution in [3.05, 3.63) is 35.3 Å². The number of nitrogens with zero attached hydrogens (tertiary/aromatic N) is 1. The van der Waals surface area contributed by atoms with Crippen LogP contribution in [0.25, 0.3) is 0 Å². The number of carbonyl (C=O) groups excluding carboxylic acids is 1. The SMILES string of the molecule is Cc1nsc(N)c1C(=O)Nc1ccc(OCl)c(F)c1. The van der Waals surface area contributed by atoms with Crippen molar-refractivity contribution in [2.24, 2.45) is 0 Å². The van der Waals surface area contributed by atoms with E-state index in [1.165, 1.54) is 12.1 Å². The Morgan fingerprint density at radius 3 is 2.84 bits per heavy atom. The molecule has 3 N–H and O–H groups in total. The molecule has 8 heteroatoms. The summed E-state index contributed by atoms with van der Waals surface area (Å²) in [5.41, 5.74) is 6.75. The van der Waals surface area contributed by atoms with Crippen molar-refractivity contribution in [2.45, 2.75) is 6.92 Å². The lowest BCUT2D eigenvalue weighted by molar-refractivity contribution is 0.102. The van der Waals surface area contributed by atoms with Crippen LogP contribution in [0, 0.1) is 12.7 Å². The van der Waals surface area contributed by atoms with Crippen LogP contribution in [0.1, 0.15) is 16.1 Å². The van der Waals surface area contributed by atoms with Crippen LogP contribution in [-0.2, 0) is 0 Å². The van der Waals surface area contributed by atoms with Crippen molar-refractivity contribution in [2.75, 3.05) is 11.1 Å². The smallest absolute Gasteiger partial charge is 0.260 e. The van der Waals surface area contributed by atoms with Crippen LogP contribution in [0.15, 0.2) is 18.2 Å². The molecule has 0 aliphatic carbocycles. The van der Waals surface area contributed by atoms with E-state index in [2.05, 4.69) is 14.0 Å². The lowest BCUT2D eigenvalue weighted by atomic mass is 10.2. The van der Waals surface area contributed by atoms with Gasteiger partial charge in [0, 0.05) is 11.8 Å². The highest BCUT2D eigenvalue weighted by Gasteiger charge is 2.17. The first-order valence-electron chi connectivity index (χ1n) is 5.14. The molecule has 0 atom stereocenters. The lowest BCUT2D eigenvalue weighted by Crippen LogP contribution is -2.14. The lowest BCUT2D eigenvalue weighted by Gasteiger charge is -2.06. The Labute approximate surface area is 117 Å². The third-order valence-electron chi connectivity index (χ3n) is 2.39.